The van der Waals surface area contributed by atoms with Crippen LogP contribution in [0, 0.1) is 6.92 Å². The summed E-state index contributed by atoms with van der Waals surface area (Å²) in [5, 5.41) is 1.21. The molecule has 0 spiro atoms. The summed E-state index contributed by atoms with van der Waals surface area (Å²) in [6, 6.07) is 5.94. The van der Waals surface area contributed by atoms with Crippen LogP contribution in [0.25, 0.3) is 10.9 Å². The second kappa shape index (κ2) is 2.02. The predicted molar refractivity (Wildman–Crippen MR) is 47.4 cm³/mol. The van der Waals surface area contributed by atoms with Crippen molar-refractivity contribution in [2.45, 2.75) is 6.92 Å². The highest BCUT2D eigenvalue weighted by Gasteiger charge is 1.99. The Bertz CT molecular complexity index is 387. The summed E-state index contributed by atoms with van der Waals surface area (Å²) in [7, 11) is 0. The van der Waals surface area contributed by atoms with Gasteiger partial charge in [-0.1, -0.05) is 12.1 Å². The van der Waals surface area contributed by atoms with Gasteiger partial charge in [0.1, 0.15) is 0 Å². The van der Waals surface area contributed by atoms with Gasteiger partial charge < -0.3 is 10.7 Å². The number of aryl methyl sites for hydroxylation is 1. The van der Waals surface area contributed by atoms with E-state index in [1.165, 1.54) is 10.9 Å². The Hall–Kier alpha value is -1.44. The van der Waals surface area contributed by atoms with E-state index < -0.39 is 0 Å². The van der Waals surface area contributed by atoms with E-state index in [1.807, 2.05) is 18.3 Å². The molecule has 0 bridgehead atoms. The Kier molecular flexibility index (Phi) is 1.15. The van der Waals surface area contributed by atoms with E-state index >= 15 is 0 Å². The third kappa shape index (κ3) is 0.792. The van der Waals surface area contributed by atoms with Crippen LogP contribution in [-0.4, -0.2) is 4.98 Å². The lowest BCUT2D eigenvalue weighted by atomic mass is 10.2. The SMILES string of the molecule is Cc1c[nH]c2c(N)cccc12. The lowest BCUT2D eigenvalue weighted by molar-refractivity contribution is 1.43. The van der Waals surface area contributed by atoms with E-state index in [1.54, 1.807) is 0 Å². The first kappa shape index (κ1) is 6.28. The third-order valence-electron chi connectivity index (χ3n) is 1.95. The fourth-order valence-electron chi connectivity index (χ4n) is 1.32. The largest absolute Gasteiger partial charge is 0.397 e. The van der Waals surface area contributed by atoms with Crippen LogP contribution in [-0.2, 0) is 0 Å². The lowest BCUT2D eigenvalue weighted by Gasteiger charge is -1.94. The minimum absolute atomic E-state index is 0.815. The zero-order chi connectivity index (χ0) is 7.84. The zero-order valence-corrected chi connectivity index (χ0v) is 6.39. The van der Waals surface area contributed by atoms with Crippen molar-refractivity contribution >= 4 is 16.6 Å². The molecule has 3 N–H and O–H groups in total. The maximum absolute atomic E-state index is 5.74. The average Bonchev–Trinajstić information content (AvgIpc) is 2.35. The first-order valence-electron chi connectivity index (χ1n) is 3.61. The van der Waals surface area contributed by atoms with Crippen molar-refractivity contribution in [2.75, 3.05) is 5.73 Å². The van der Waals surface area contributed by atoms with Crippen LogP contribution in [0.2, 0.25) is 0 Å². The third-order valence-corrected chi connectivity index (χ3v) is 1.95. The highest BCUT2D eigenvalue weighted by Crippen LogP contribution is 2.21. The predicted octanol–water partition coefficient (Wildman–Crippen LogP) is 2.06. The second-order valence-corrected chi connectivity index (χ2v) is 2.74. The first-order chi connectivity index (χ1) is 5.29. The van der Waals surface area contributed by atoms with E-state index in [0.717, 1.165) is 11.2 Å². The summed E-state index contributed by atoms with van der Waals surface area (Å²) >= 11 is 0. The molecular weight excluding hydrogens is 136 g/mol. The Morgan fingerprint density at radius 3 is 2.91 bits per heavy atom. The molecule has 0 amide bonds. The summed E-state index contributed by atoms with van der Waals surface area (Å²) in [5.74, 6) is 0. The van der Waals surface area contributed by atoms with Crippen LogP contribution >= 0.6 is 0 Å². The number of para-hydroxylation sites is 1. The molecule has 1 heterocycles. The molecule has 0 radical (unpaired) electrons. The van der Waals surface area contributed by atoms with Crippen molar-refractivity contribution in [3.8, 4) is 0 Å². The molecular formula is C9H10N2. The number of nitrogens with one attached hydrogen (secondary N) is 1. The van der Waals surface area contributed by atoms with Crippen molar-refractivity contribution in [3.05, 3.63) is 30.0 Å². The van der Waals surface area contributed by atoms with Gasteiger partial charge in [0.25, 0.3) is 0 Å². The standard InChI is InChI=1S/C9H10N2/c1-6-5-11-9-7(6)3-2-4-8(9)10/h2-5,11H,10H2,1H3. The number of rotatable bonds is 0. The molecule has 0 aliphatic rings. The summed E-state index contributed by atoms with van der Waals surface area (Å²) in [4.78, 5) is 3.13. The summed E-state index contributed by atoms with van der Waals surface area (Å²) in [6.45, 7) is 2.07. The Morgan fingerprint density at radius 2 is 2.18 bits per heavy atom. The van der Waals surface area contributed by atoms with Gasteiger partial charge in [-0.2, -0.15) is 0 Å². The summed E-state index contributed by atoms with van der Waals surface area (Å²) in [5.41, 5.74) is 8.84. The maximum Gasteiger partial charge on any atom is 0.0690 e. The number of hydrogen-bond donors (Lipinski definition) is 2. The number of nitrogen functional groups attached to an aromatic ring is 1. The molecule has 1 aromatic heterocycles. The molecule has 0 saturated carbocycles. The van der Waals surface area contributed by atoms with Crippen LogP contribution in [0.5, 0.6) is 0 Å². The average molecular weight is 146 g/mol. The molecule has 0 aliphatic heterocycles. The number of fused-ring (bicyclic) bond motifs is 1. The molecule has 2 rings (SSSR count). The summed E-state index contributed by atoms with van der Waals surface area (Å²) < 4.78 is 0. The number of hydrogen-bond acceptors (Lipinski definition) is 1. The minimum atomic E-state index is 0.815. The van der Waals surface area contributed by atoms with E-state index in [0.29, 0.717) is 0 Å². The molecule has 56 valence electrons. The van der Waals surface area contributed by atoms with Crippen molar-refractivity contribution in [1.29, 1.82) is 0 Å². The van der Waals surface area contributed by atoms with E-state index in [9.17, 15) is 0 Å². The van der Waals surface area contributed by atoms with Crippen LogP contribution in [0.15, 0.2) is 24.4 Å². The van der Waals surface area contributed by atoms with E-state index in [-0.39, 0.29) is 0 Å². The highest BCUT2D eigenvalue weighted by molar-refractivity contribution is 5.92. The van der Waals surface area contributed by atoms with Crippen LogP contribution in [0.4, 0.5) is 5.69 Å². The lowest BCUT2D eigenvalue weighted by Crippen LogP contribution is -1.84. The number of aromatic amines is 1. The summed E-state index contributed by atoms with van der Waals surface area (Å²) in [6.07, 6.45) is 1.97. The molecule has 2 aromatic rings. The number of H-pyrrole nitrogens is 1. The number of benzene rings is 1. The molecule has 0 saturated heterocycles. The van der Waals surface area contributed by atoms with Crippen molar-refractivity contribution < 1.29 is 0 Å². The monoisotopic (exact) mass is 146 g/mol. The molecule has 1 aromatic carbocycles. The number of anilines is 1. The van der Waals surface area contributed by atoms with Crippen LogP contribution in [0.1, 0.15) is 5.56 Å². The Morgan fingerprint density at radius 1 is 1.36 bits per heavy atom. The van der Waals surface area contributed by atoms with Gasteiger partial charge in [-0.25, -0.2) is 0 Å². The van der Waals surface area contributed by atoms with Crippen LogP contribution < -0.4 is 5.73 Å². The Balaban J connectivity index is 2.94. The van der Waals surface area contributed by atoms with Gasteiger partial charge in [0.05, 0.1) is 11.2 Å². The molecule has 2 nitrogen and oxygen atoms in total. The van der Waals surface area contributed by atoms with Gasteiger partial charge in [-0.15, -0.1) is 0 Å². The second-order valence-electron chi connectivity index (χ2n) is 2.74. The normalized spacial score (nSPS) is 10.6. The van der Waals surface area contributed by atoms with Gasteiger partial charge in [-0.05, 0) is 18.6 Å². The molecule has 0 aliphatic carbocycles. The topological polar surface area (TPSA) is 41.8 Å². The molecule has 11 heavy (non-hydrogen) atoms. The zero-order valence-electron chi connectivity index (χ0n) is 6.39. The Labute approximate surface area is 65.0 Å². The minimum Gasteiger partial charge on any atom is -0.397 e. The highest BCUT2D eigenvalue weighted by atomic mass is 14.7. The molecule has 0 unspecified atom stereocenters. The van der Waals surface area contributed by atoms with Crippen molar-refractivity contribution in [1.82, 2.24) is 4.98 Å². The van der Waals surface area contributed by atoms with Crippen LogP contribution in [0.3, 0.4) is 0 Å². The molecule has 0 atom stereocenters. The molecule has 0 fully saturated rings. The smallest absolute Gasteiger partial charge is 0.0690 e. The maximum atomic E-state index is 5.74. The fraction of sp³-hybridized carbons (Fsp3) is 0.111. The van der Waals surface area contributed by atoms with Gasteiger partial charge in [0.15, 0.2) is 0 Å². The van der Waals surface area contributed by atoms with Gasteiger partial charge in [0.2, 0.25) is 0 Å². The fourth-order valence-corrected chi connectivity index (χ4v) is 1.32. The number of aromatic nitrogens is 1. The van der Waals surface area contributed by atoms with Gasteiger partial charge in [-0.3, -0.25) is 0 Å². The first-order valence-corrected chi connectivity index (χ1v) is 3.61. The van der Waals surface area contributed by atoms with E-state index in [4.69, 9.17) is 5.73 Å². The van der Waals surface area contributed by atoms with E-state index in [2.05, 4.69) is 18.0 Å². The van der Waals surface area contributed by atoms with Crippen molar-refractivity contribution in [2.24, 2.45) is 0 Å². The molecule has 2 heteroatoms. The van der Waals surface area contributed by atoms with Crippen molar-refractivity contribution in [3.63, 3.8) is 0 Å². The van der Waals surface area contributed by atoms with Gasteiger partial charge in [0, 0.05) is 11.6 Å². The quantitative estimate of drug-likeness (QED) is 0.549. The number of nitrogens with two attached hydrogens (primary N) is 1. The van der Waals surface area contributed by atoms with Gasteiger partial charge >= 0.3 is 0 Å².